The van der Waals surface area contributed by atoms with E-state index in [1.54, 1.807) is 13.8 Å². The smallest absolute Gasteiger partial charge is 0.407 e. The van der Waals surface area contributed by atoms with Crippen molar-refractivity contribution in [3.05, 3.63) is 16.1 Å². The highest BCUT2D eigenvalue weighted by atomic mass is 32.1. The molecule has 1 fully saturated rings. The quantitative estimate of drug-likeness (QED) is 0.117. The van der Waals surface area contributed by atoms with Crippen molar-refractivity contribution in [3.8, 4) is 0 Å². The van der Waals surface area contributed by atoms with Crippen molar-refractivity contribution in [2.45, 2.75) is 118 Å². The maximum absolute atomic E-state index is 13.8. The first-order chi connectivity index (χ1) is 23.5. The molecule has 6 N–H and O–H groups in total. The van der Waals surface area contributed by atoms with E-state index in [4.69, 9.17) is 9.47 Å². The lowest BCUT2D eigenvalue weighted by Crippen LogP contribution is -2.57. The lowest BCUT2D eigenvalue weighted by atomic mass is 9.91. The summed E-state index contributed by atoms with van der Waals surface area (Å²) in [5, 5.41) is 27.9. The molecule has 7 atom stereocenters. The Morgan fingerprint density at radius 1 is 0.880 bits per heavy atom. The van der Waals surface area contributed by atoms with Crippen molar-refractivity contribution in [3.63, 3.8) is 0 Å². The zero-order chi connectivity index (χ0) is 37.5. The van der Waals surface area contributed by atoms with Gasteiger partial charge in [0.1, 0.15) is 18.2 Å². The molecule has 1 aromatic rings. The molecule has 0 spiro atoms. The summed E-state index contributed by atoms with van der Waals surface area (Å²) in [7, 11) is 0. The number of hydrogen-bond acceptors (Lipinski definition) is 10. The molecule has 14 nitrogen and oxygen atoms in total. The summed E-state index contributed by atoms with van der Waals surface area (Å²) in [6.07, 6.45) is -0.929. The molecule has 0 aromatic carbocycles. The number of aliphatic hydroxyl groups is 1. The highest BCUT2D eigenvalue weighted by Gasteiger charge is 2.33. The molecule has 1 aliphatic rings. The van der Waals surface area contributed by atoms with Crippen LogP contribution in [0.5, 0.6) is 0 Å². The Labute approximate surface area is 301 Å². The molecule has 2 heterocycles. The number of amides is 5. The van der Waals surface area contributed by atoms with E-state index in [1.807, 2.05) is 53.8 Å². The van der Waals surface area contributed by atoms with Crippen LogP contribution in [0.2, 0.25) is 0 Å². The van der Waals surface area contributed by atoms with E-state index in [2.05, 4.69) is 31.6 Å². The molecule has 5 amide bonds. The van der Waals surface area contributed by atoms with E-state index in [0.717, 1.165) is 10.7 Å². The molecule has 0 bridgehead atoms. The first-order valence-corrected chi connectivity index (χ1v) is 18.6. The number of nitrogens with one attached hydrogen (secondary N) is 5. The Bertz CT molecular complexity index is 1250. The third kappa shape index (κ3) is 15.3. The van der Waals surface area contributed by atoms with Gasteiger partial charge in [0.15, 0.2) is 0 Å². The molecule has 7 unspecified atom stereocenters. The van der Waals surface area contributed by atoms with E-state index in [-0.39, 0.29) is 49.1 Å². The molecule has 1 aromatic heterocycles. The highest BCUT2D eigenvalue weighted by Crippen LogP contribution is 2.18. The van der Waals surface area contributed by atoms with Crippen LogP contribution in [-0.2, 0) is 35.1 Å². The molecule has 0 saturated carbocycles. The van der Waals surface area contributed by atoms with Crippen LogP contribution in [0.15, 0.2) is 5.38 Å². The zero-order valence-corrected chi connectivity index (χ0v) is 32.0. The number of ether oxygens (including phenoxy) is 2. The molecule has 1 saturated heterocycles. The van der Waals surface area contributed by atoms with Crippen molar-refractivity contribution in [2.75, 3.05) is 26.3 Å². The van der Waals surface area contributed by atoms with Crippen molar-refractivity contribution >= 4 is 41.1 Å². The lowest BCUT2D eigenvalue weighted by Gasteiger charge is -2.30. The third-order valence-electron chi connectivity index (χ3n) is 8.33. The Kier molecular flexibility index (Phi) is 18.1. The van der Waals surface area contributed by atoms with Gasteiger partial charge in [-0.1, -0.05) is 55.4 Å². The van der Waals surface area contributed by atoms with E-state index in [1.165, 1.54) is 11.3 Å². The van der Waals surface area contributed by atoms with Crippen LogP contribution < -0.4 is 26.6 Å². The number of aromatic nitrogens is 1. The van der Waals surface area contributed by atoms with Gasteiger partial charge in [0.05, 0.1) is 36.9 Å². The molecule has 0 aliphatic carbocycles. The van der Waals surface area contributed by atoms with E-state index >= 15 is 0 Å². The number of aliphatic hydroxyl groups excluding tert-OH is 1. The number of carbonyl (C=O) groups is 5. The minimum absolute atomic E-state index is 0.0112. The second kappa shape index (κ2) is 21.2. The summed E-state index contributed by atoms with van der Waals surface area (Å²) in [5.74, 6) is -2.70. The Morgan fingerprint density at radius 2 is 1.56 bits per heavy atom. The van der Waals surface area contributed by atoms with Gasteiger partial charge in [0, 0.05) is 42.3 Å². The van der Waals surface area contributed by atoms with Gasteiger partial charge in [-0.05, 0) is 37.5 Å². The summed E-state index contributed by atoms with van der Waals surface area (Å²) >= 11 is 1.45. The Balaban J connectivity index is 2.13. The molecular formula is C35H60N6O8S. The molecule has 0 radical (unpaired) electrons. The van der Waals surface area contributed by atoms with Crippen molar-refractivity contribution in [1.29, 1.82) is 0 Å². The predicted molar refractivity (Wildman–Crippen MR) is 191 cm³/mol. The number of thiazole rings is 1. The fraction of sp³-hybridized carbons (Fsp3) is 0.771. The van der Waals surface area contributed by atoms with Gasteiger partial charge >= 0.3 is 6.09 Å². The number of carbonyl (C=O) groups excluding carboxylic acids is 5. The van der Waals surface area contributed by atoms with Crippen LogP contribution in [0.4, 0.5) is 4.79 Å². The molecule has 1 aliphatic heterocycles. The van der Waals surface area contributed by atoms with Crippen LogP contribution in [0.25, 0.3) is 0 Å². The van der Waals surface area contributed by atoms with Gasteiger partial charge in [-0.2, -0.15) is 0 Å². The normalized spacial score (nSPS) is 18.1. The summed E-state index contributed by atoms with van der Waals surface area (Å²) in [5.41, 5.74) is 0.860. The minimum atomic E-state index is -1.19. The first kappa shape index (κ1) is 42.9. The second-order valence-electron chi connectivity index (χ2n) is 14.6. The van der Waals surface area contributed by atoms with E-state index in [9.17, 15) is 29.1 Å². The predicted octanol–water partition coefficient (Wildman–Crippen LogP) is 2.46. The van der Waals surface area contributed by atoms with Gasteiger partial charge in [0.25, 0.3) is 0 Å². The highest BCUT2D eigenvalue weighted by molar-refractivity contribution is 7.09. The second-order valence-corrected chi connectivity index (χ2v) is 15.6. The monoisotopic (exact) mass is 724 g/mol. The van der Waals surface area contributed by atoms with Crippen LogP contribution in [0.1, 0.15) is 85.4 Å². The van der Waals surface area contributed by atoms with E-state index < -0.39 is 60.1 Å². The number of rotatable bonds is 20. The fourth-order valence-corrected chi connectivity index (χ4v) is 6.24. The maximum Gasteiger partial charge on any atom is 0.407 e. The van der Waals surface area contributed by atoms with Crippen LogP contribution in [0.3, 0.4) is 0 Å². The fourth-order valence-electron chi connectivity index (χ4n) is 5.34. The number of hydrogen-bond donors (Lipinski definition) is 6. The number of nitrogens with zero attached hydrogens (tertiary/aromatic N) is 1. The number of aryl methyl sites for hydroxylation is 1. The average Bonchev–Trinajstić information content (AvgIpc) is 3.70. The Hall–Kier alpha value is -3.30. The van der Waals surface area contributed by atoms with Crippen LogP contribution in [0, 0.1) is 36.5 Å². The summed E-state index contributed by atoms with van der Waals surface area (Å²) in [6, 6.07) is -2.70. The topological polar surface area (TPSA) is 197 Å². The summed E-state index contributed by atoms with van der Waals surface area (Å²) < 4.78 is 10.6. The van der Waals surface area contributed by atoms with E-state index in [0.29, 0.717) is 32.4 Å². The molecular weight excluding hydrogens is 664 g/mol. The number of alkyl carbamates (subject to hydrolysis) is 1. The summed E-state index contributed by atoms with van der Waals surface area (Å²) in [4.78, 5) is 70.0. The van der Waals surface area contributed by atoms with Crippen LogP contribution >= 0.6 is 11.3 Å². The van der Waals surface area contributed by atoms with Gasteiger partial charge in [-0.3, -0.25) is 19.2 Å². The standard InChI is InChI=1S/C35H60N6O8S/c1-19(2)12-26(28(42)13-22(7)32(44)41-30(21(5)6)34(46)36-15-20(3)4)39-33(45)27(16-37-35(47)49-25-10-11-48-17-25)40-31(43)23(8)14-29-38-24(9)18-50-29/h18-23,25-28,30,42H,10-17H2,1-9H3,(H,36,46)(H,37,47)(H,39,45)(H,40,43)(H,41,44). The van der Waals surface area contributed by atoms with Gasteiger partial charge in [-0.25, -0.2) is 9.78 Å². The molecule has 284 valence electrons. The third-order valence-corrected chi connectivity index (χ3v) is 9.32. The SMILES string of the molecule is Cc1csc(CC(C)C(=O)NC(CNC(=O)OC2CCOC2)C(=O)NC(CC(C)C)C(O)CC(C)C(=O)NC(C(=O)NCC(C)C)C(C)C)n1. The summed E-state index contributed by atoms with van der Waals surface area (Å²) in [6.45, 7) is 17.8. The lowest BCUT2D eigenvalue weighted by molar-refractivity contribution is -0.133. The Morgan fingerprint density at radius 3 is 2.12 bits per heavy atom. The van der Waals surface area contributed by atoms with Crippen LogP contribution in [-0.4, -0.2) is 96.4 Å². The van der Waals surface area contributed by atoms with Crippen molar-refractivity contribution in [1.82, 2.24) is 31.6 Å². The largest absolute Gasteiger partial charge is 0.444 e. The minimum Gasteiger partial charge on any atom is -0.444 e. The molecule has 50 heavy (non-hydrogen) atoms. The molecule has 2 rings (SSSR count). The average molecular weight is 725 g/mol. The van der Waals surface area contributed by atoms with Crippen molar-refractivity contribution < 1.29 is 38.6 Å². The molecule has 15 heteroatoms. The zero-order valence-electron chi connectivity index (χ0n) is 31.2. The first-order valence-electron chi connectivity index (χ1n) is 17.8. The van der Waals surface area contributed by atoms with Gasteiger partial charge in [-0.15, -0.1) is 11.3 Å². The van der Waals surface area contributed by atoms with Gasteiger partial charge in [0.2, 0.25) is 23.6 Å². The maximum atomic E-state index is 13.8. The van der Waals surface area contributed by atoms with Gasteiger partial charge < -0.3 is 41.2 Å². The van der Waals surface area contributed by atoms with Crippen molar-refractivity contribution in [2.24, 2.45) is 29.6 Å².